The van der Waals surface area contributed by atoms with E-state index >= 15 is 0 Å². The first-order chi connectivity index (χ1) is 15.0. The molecule has 1 aliphatic rings. The molecule has 1 aliphatic heterocycles. The molecule has 0 radical (unpaired) electrons. The van der Waals surface area contributed by atoms with Crippen LogP contribution >= 0.6 is 0 Å². The van der Waals surface area contributed by atoms with Crippen LogP contribution in [0.4, 0.5) is 22.1 Å². The molecule has 1 saturated heterocycles. The summed E-state index contributed by atoms with van der Waals surface area (Å²) in [6.07, 6.45) is 2.10. The summed E-state index contributed by atoms with van der Waals surface area (Å²) in [6.45, 7) is 1.83. The molecule has 0 bridgehead atoms. The van der Waals surface area contributed by atoms with E-state index in [1.165, 1.54) is 11.1 Å². The van der Waals surface area contributed by atoms with Crippen molar-refractivity contribution in [2.45, 2.75) is 13.3 Å². The fourth-order valence-electron chi connectivity index (χ4n) is 3.31. The molecule has 2 aromatic carbocycles. The van der Waals surface area contributed by atoms with E-state index in [1.54, 1.807) is 48.5 Å². The summed E-state index contributed by atoms with van der Waals surface area (Å²) in [5.41, 5.74) is 7.74. The van der Waals surface area contributed by atoms with Crippen molar-refractivity contribution in [1.29, 1.82) is 5.26 Å². The number of nitriles is 1. The van der Waals surface area contributed by atoms with E-state index in [0.717, 1.165) is 10.5 Å². The molecule has 4 rings (SSSR count). The van der Waals surface area contributed by atoms with Gasteiger partial charge in [0.1, 0.15) is 12.3 Å². The molecule has 0 aliphatic carbocycles. The van der Waals surface area contributed by atoms with E-state index in [1.807, 2.05) is 13.0 Å². The second-order valence-corrected chi connectivity index (χ2v) is 6.76. The van der Waals surface area contributed by atoms with Gasteiger partial charge in [-0.05, 0) is 48.4 Å². The van der Waals surface area contributed by atoms with Crippen molar-refractivity contribution in [3.8, 4) is 17.7 Å². The molecule has 3 amide bonds. The van der Waals surface area contributed by atoms with Crippen molar-refractivity contribution < 1.29 is 14.3 Å². The van der Waals surface area contributed by atoms with Crippen LogP contribution in [-0.4, -0.2) is 28.5 Å². The third kappa shape index (κ3) is 3.86. The number of imide groups is 1. The Balaban J connectivity index is 1.62. The number of benzene rings is 2. The van der Waals surface area contributed by atoms with Crippen LogP contribution in [-0.2, 0) is 11.2 Å². The minimum atomic E-state index is -0.473. The molecule has 9 heteroatoms. The number of nitrogens with zero attached hydrogens (tertiary/aromatic N) is 5. The second kappa shape index (κ2) is 8.12. The Morgan fingerprint density at radius 1 is 1.16 bits per heavy atom. The van der Waals surface area contributed by atoms with Gasteiger partial charge in [0.2, 0.25) is 11.8 Å². The molecule has 1 fully saturated rings. The maximum absolute atomic E-state index is 13.0. The number of nitrogens with two attached hydrogens (primary N) is 1. The average Bonchev–Trinajstić information content (AvgIpc) is 3.08. The highest BCUT2D eigenvalue weighted by molar-refractivity contribution is 6.27. The van der Waals surface area contributed by atoms with E-state index in [2.05, 4.69) is 9.97 Å². The summed E-state index contributed by atoms with van der Waals surface area (Å²) < 4.78 is 5.81. The molecular weight excluding hydrogens is 396 g/mol. The predicted octanol–water partition coefficient (Wildman–Crippen LogP) is 3.26. The van der Waals surface area contributed by atoms with Crippen molar-refractivity contribution in [3.05, 3.63) is 65.9 Å². The molecule has 31 heavy (non-hydrogen) atoms. The first-order valence-electron chi connectivity index (χ1n) is 9.54. The lowest BCUT2D eigenvalue weighted by Crippen LogP contribution is -2.33. The SMILES string of the molecule is CCc1cc(N2C(=O)CN(c3cccc(C#N)c3)C2=O)ccc1Oc1ccnc(N)n1. The van der Waals surface area contributed by atoms with Gasteiger partial charge in [0.15, 0.2) is 0 Å². The Morgan fingerprint density at radius 3 is 2.74 bits per heavy atom. The summed E-state index contributed by atoms with van der Waals surface area (Å²) in [5.74, 6) is 0.585. The van der Waals surface area contributed by atoms with Crippen LogP contribution in [0.5, 0.6) is 11.6 Å². The molecule has 0 saturated carbocycles. The van der Waals surface area contributed by atoms with Crippen molar-refractivity contribution in [3.63, 3.8) is 0 Å². The highest BCUT2D eigenvalue weighted by atomic mass is 16.5. The molecular formula is C22H18N6O3. The summed E-state index contributed by atoms with van der Waals surface area (Å²) in [5, 5.41) is 9.10. The monoisotopic (exact) mass is 414 g/mol. The van der Waals surface area contributed by atoms with Gasteiger partial charge in [-0.15, -0.1) is 0 Å². The first kappa shape index (κ1) is 19.8. The molecule has 0 spiro atoms. The lowest BCUT2D eigenvalue weighted by atomic mass is 10.1. The molecule has 9 nitrogen and oxygen atoms in total. The van der Waals surface area contributed by atoms with E-state index in [9.17, 15) is 9.59 Å². The summed E-state index contributed by atoms with van der Waals surface area (Å²) in [4.78, 5) is 36.0. The van der Waals surface area contributed by atoms with Gasteiger partial charge in [-0.3, -0.25) is 9.69 Å². The van der Waals surface area contributed by atoms with E-state index < -0.39 is 6.03 Å². The van der Waals surface area contributed by atoms with Crippen molar-refractivity contribution in [1.82, 2.24) is 9.97 Å². The quantitative estimate of drug-likeness (QED) is 0.635. The lowest BCUT2D eigenvalue weighted by Gasteiger charge is -2.19. The van der Waals surface area contributed by atoms with E-state index in [0.29, 0.717) is 35.0 Å². The summed E-state index contributed by atoms with van der Waals surface area (Å²) >= 11 is 0. The highest BCUT2D eigenvalue weighted by Gasteiger charge is 2.38. The Bertz CT molecular complexity index is 1220. The van der Waals surface area contributed by atoms with Gasteiger partial charge in [-0.25, -0.2) is 14.7 Å². The van der Waals surface area contributed by atoms with Gasteiger partial charge in [0.05, 0.1) is 17.3 Å². The van der Waals surface area contributed by atoms with Crippen LogP contribution in [0.2, 0.25) is 0 Å². The van der Waals surface area contributed by atoms with Crippen LogP contribution in [0.15, 0.2) is 54.7 Å². The fourth-order valence-corrected chi connectivity index (χ4v) is 3.31. The molecule has 1 aromatic heterocycles. The number of urea groups is 1. The zero-order valence-corrected chi connectivity index (χ0v) is 16.6. The first-order valence-corrected chi connectivity index (χ1v) is 9.54. The fraction of sp³-hybridized carbons (Fsp3) is 0.136. The number of carbonyl (C=O) groups excluding carboxylic acids is 2. The van der Waals surface area contributed by atoms with Crippen LogP contribution < -0.4 is 20.3 Å². The highest BCUT2D eigenvalue weighted by Crippen LogP contribution is 2.32. The Hall–Kier alpha value is -4.45. The number of hydrogen-bond donors (Lipinski definition) is 1. The minimum Gasteiger partial charge on any atom is -0.439 e. The molecule has 0 unspecified atom stereocenters. The number of ether oxygens (including phenoxy) is 1. The Kier molecular flexibility index (Phi) is 5.20. The maximum Gasteiger partial charge on any atom is 0.336 e. The van der Waals surface area contributed by atoms with Gasteiger partial charge in [0, 0.05) is 18.0 Å². The molecule has 2 heterocycles. The number of rotatable bonds is 5. The topological polar surface area (TPSA) is 125 Å². The van der Waals surface area contributed by atoms with Gasteiger partial charge in [-0.2, -0.15) is 10.2 Å². The molecule has 3 aromatic rings. The van der Waals surface area contributed by atoms with Crippen molar-refractivity contribution >= 4 is 29.3 Å². The number of aryl methyl sites for hydroxylation is 1. The van der Waals surface area contributed by atoms with Crippen LogP contribution in [0.3, 0.4) is 0 Å². The second-order valence-electron chi connectivity index (χ2n) is 6.76. The van der Waals surface area contributed by atoms with Crippen LogP contribution in [0, 0.1) is 11.3 Å². The van der Waals surface area contributed by atoms with Crippen LogP contribution in [0.25, 0.3) is 0 Å². The number of anilines is 3. The standard InChI is InChI=1S/C22H18N6O3/c1-2-15-11-17(6-7-18(15)31-19-8-9-25-21(24)26-19)28-20(29)13-27(22(28)30)16-5-3-4-14(10-16)12-23/h3-11H,2,13H2,1H3,(H2,24,25,26). The molecule has 0 atom stereocenters. The maximum atomic E-state index is 13.0. The Labute approximate surface area is 178 Å². The van der Waals surface area contributed by atoms with E-state index in [-0.39, 0.29) is 18.4 Å². The number of aromatic nitrogens is 2. The number of nitrogen functional groups attached to an aromatic ring is 1. The third-order valence-electron chi connectivity index (χ3n) is 4.80. The number of carbonyl (C=O) groups is 2. The van der Waals surface area contributed by atoms with Crippen molar-refractivity contribution in [2.75, 3.05) is 22.1 Å². The number of amides is 3. The minimum absolute atomic E-state index is 0.0981. The van der Waals surface area contributed by atoms with E-state index in [4.69, 9.17) is 15.7 Å². The van der Waals surface area contributed by atoms with Gasteiger partial charge in [-0.1, -0.05) is 13.0 Å². The largest absolute Gasteiger partial charge is 0.439 e. The Morgan fingerprint density at radius 2 is 2.00 bits per heavy atom. The van der Waals surface area contributed by atoms with Crippen LogP contribution in [0.1, 0.15) is 18.1 Å². The summed E-state index contributed by atoms with van der Waals surface area (Å²) in [6, 6.07) is 14.8. The normalized spacial score (nSPS) is 13.4. The van der Waals surface area contributed by atoms with Crippen molar-refractivity contribution in [2.24, 2.45) is 0 Å². The zero-order valence-electron chi connectivity index (χ0n) is 16.6. The summed E-state index contributed by atoms with van der Waals surface area (Å²) in [7, 11) is 0. The molecule has 154 valence electrons. The predicted molar refractivity (Wildman–Crippen MR) is 114 cm³/mol. The third-order valence-corrected chi connectivity index (χ3v) is 4.80. The average molecular weight is 414 g/mol. The van der Waals surface area contributed by atoms with Gasteiger partial charge >= 0.3 is 6.03 Å². The number of hydrogen-bond acceptors (Lipinski definition) is 7. The molecule has 2 N–H and O–H groups in total. The lowest BCUT2D eigenvalue weighted by molar-refractivity contribution is -0.115. The van der Waals surface area contributed by atoms with Gasteiger partial charge < -0.3 is 10.5 Å². The van der Waals surface area contributed by atoms with Gasteiger partial charge in [0.25, 0.3) is 5.91 Å². The zero-order chi connectivity index (χ0) is 22.0. The smallest absolute Gasteiger partial charge is 0.336 e.